The summed E-state index contributed by atoms with van der Waals surface area (Å²) in [5.74, 6) is 0. The van der Waals surface area contributed by atoms with E-state index in [0.717, 1.165) is 5.56 Å². The number of nitrogens with zero attached hydrogens (tertiary/aromatic N) is 1. The van der Waals surface area contributed by atoms with Crippen LogP contribution in [-0.2, 0) is 4.74 Å². The van der Waals surface area contributed by atoms with Gasteiger partial charge in [0.25, 0.3) is 0 Å². The highest BCUT2D eigenvalue weighted by Crippen LogP contribution is 2.13. The number of hydrogen-bond acceptors (Lipinski definition) is 4. The summed E-state index contributed by atoms with van der Waals surface area (Å²) >= 11 is 0. The van der Waals surface area contributed by atoms with E-state index in [2.05, 4.69) is 0 Å². The molecule has 0 saturated heterocycles. The van der Waals surface area contributed by atoms with Crippen LogP contribution >= 0.6 is 0 Å². The van der Waals surface area contributed by atoms with E-state index in [-0.39, 0.29) is 5.23 Å². The molecule has 4 heteroatoms. The summed E-state index contributed by atoms with van der Waals surface area (Å²) in [5.41, 5.74) is 1.13. The van der Waals surface area contributed by atoms with E-state index in [1.165, 1.54) is 6.26 Å². The lowest BCUT2D eigenvalue weighted by molar-refractivity contribution is 0.0291. The molecular weight excluding hydrogens is 170 g/mol. The largest absolute Gasteiger partial charge is 0.504 e. The topological polar surface area (TPSA) is 52.9 Å². The molecule has 70 valence electrons. The first-order chi connectivity index (χ1) is 6.24. The van der Waals surface area contributed by atoms with Crippen molar-refractivity contribution in [2.45, 2.75) is 0 Å². The van der Waals surface area contributed by atoms with Gasteiger partial charge >= 0.3 is 0 Å². The number of anilines is 1. The van der Waals surface area contributed by atoms with Crippen molar-refractivity contribution in [1.29, 1.82) is 0 Å². The molecule has 0 saturated carbocycles. The number of ether oxygens (including phenoxy) is 1. The molecule has 0 amide bonds. The zero-order valence-corrected chi connectivity index (χ0v) is 7.21. The van der Waals surface area contributed by atoms with Gasteiger partial charge in [0, 0.05) is 0 Å². The van der Waals surface area contributed by atoms with Gasteiger partial charge in [0.2, 0.25) is 0 Å². The molecule has 0 spiro atoms. The van der Waals surface area contributed by atoms with Crippen LogP contribution in [0.5, 0.6) is 0 Å². The van der Waals surface area contributed by atoms with Crippen molar-refractivity contribution < 1.29 is 15.2 Å². The lowest BCUT2D eigenvalue weighted by Crippen LogP contribution is -2.10. The number of methoxy groups -OCH3 is 1. The third-order valence-corrected chi connectivity index (χ3v) is 1.50. The normalized spacial score (nSPS) is 10.4. The third-order valence-electron chi connectivity index (χ3n) is 1.50. The van der Waals surface area contributed by atoms with Gasteiger partial charge in [-0.2, -0.15) is 0 Å². The van der Waals surface area contributed by atoms with E-state index < -0.39 is 0 Å². The highest BCUT2D eigenvalue weighted by Gasteiger charge is 1.97. The van der Waals surface area contributed by atoms with Gasteiger partial charge in [-0.15, -0.1) is 5.23 Å². The van der Waals surface area contributed by atoms with Crippen LogP contribution < -0.4 is 5.23 Å². The summed E-state index contributed by atoms with van der Waals surface area (Å²) in [6, 6.07) is 6.71. The van der Waals surface area contributed by atoms with Crippen LogP contribution in [0.2, 0.25) is 0 Å². The second-order valence-electron chi connectivity index (χ2n) is 2.42. The second kappa shape index (κ2) is 4.49. The number of benzene rings is 1. The van der Waals surface area contributed by atoms with E-state index in [1.807, 2.05) is 6.07 Å². The van der Waals surface area contributed by atoms with Crippen LogP contribution in [0.4, 0.5) is 5.69 Å². The molecule has 2 N–H and O–H groups in total. The SMILES string of the molecule is CO/C=C/c1cccc(N(O)O)c1. The van der Waals surface area contributed by atoms with E-state index in [1.54, 1.807) is 31.4 Å². The predicted molar refractivity (Wildman–Crippen MR) is 48.5 cm³/mol. The van der Waals surface area contributed by atoms with Gasteiger partial charge in [0.1, 0.15) is 0 Å². The monoisotopic (exact) mass is 181 g/mol. The van der Waals surface area contributed by atoms with Crippen LogP contribution in [0, 0.1) is 0 Å². The highest BCUT2D eigenvalue weighted by molar-refractivity contribution is 5.55. The van der Waals surface area contributed by atoms with Crippen LogP contribution in [0.15, 0.2) is 30.5 Å². The summed E-state index contributed by atoms with van der Waals surface area (Å²) in [6.07, 6.45) is 3.23. The smallest absolute Gasteiger partial charge is 0.0948 e. The van der Waals surface area contributed by atoms with Gasteiger partial charge in [-0.1, -0.05) is 12.1 Å². The van der Waals surface area contributed by atoms with Crippen molar-refractivity contribution in [3.05, 3.63) is 36.1 Å². The summed E-state index contributed by atoms with van der Waals surface area (Å²) in [5, 5.41) is 17.5. The molecule has 0 aliphatic carbocycles. The standard InChI is InChI=1S/C9H11NO3/c1-13-6-5-8-3-2-4-9(7-8)10(11)12/h2-7,11-12H,1H3/b6-5+. The van der Waals surface area contributed by atoms with Crippen LogP contribution in [0.1, 0.15) is 5.56 Å². The van der Waals surface area contributed by atoms with E-state index in [4.69, 9.17) is 15.2 Å². The average Bonchev–Trinajstić information content (AvgIpc) is 2.15. The first-order valence-electron chi connectivity index (χ1n) is 3.71. The fourth-order valence-electron chi connectivity index (χ4n) is 0.899. The molecule has 1 aromatic carbocycles. The zero-order chi connectivity index (χ0) is 9.68. The van der Waals surface area contributed by atoms with E-state index >= 15 is 0 Å². The molecule has 1 aromatic rings. The molecule has 0 aromatic heterocycles. The van der Waals surface area contributed by atoms with Gasteiger partial charge < -0.3 is 4.74 Å². The molecular formula is C9H11NO3. The minimum absolute atomic E-state index is 0.0736. The maximum atomic E-state index is 8.71. The van der Waals surface area contributed by atoms with Crippen molar-refractivity contribution in [2.75, 3.05) is 12.3 Å². The molecule has 4 nitrogen and oxygen atoms in total. The summed E-state index contributed by atoms with van der Waals surface area (Å²) in [4.78, 5) is 0. The Morgan fingerprint density at radius 2 is 2.15 bits per heavy atom. The molecule has 1 rings (SSSR count). The molecule has 0 bridgehead atoms. The van der Waals surface area contributed by atoms with Crippen molar-refractivity contribution >= 4 is 11.8 Å². The van der Waals surface area contributed by atoms with E-state index in [9.17, 15) is 0 Å². The quantitative estimate of drug-likeness (QED) is 0.552. The Morgan fingerprint density at radius 1 is 1.38 bits per heavy atom. The van der Waals surface area contributed by atoms with Gasteiger partial charge in [0.15, 0.2) is 0 Å². The molecule has 0 fully saturated rings. The Balaban J connectivity index is 2.85. The Bertz CT molecular complexity index is 297. The van der Waals surface area contributed by atoms with Crippen LogP contribution in [0.25, 0.3) is 6.08 Å². The molecule has 0 heterocycles. The molecule has 0 atom stereocenters. The second-order valence-corrected chi connectivity index (χ2v) is 2.42. The van der Waals surface area contributed by atoms with Crippen molar-refractivity contribution in [1.82, 2.24) is 0 Å². The maximum absolute atomic E-state index is 8.71. The summed E-state index contributed by atoms with van der Waals surface area (Å²) < 4.78 is 4.73. The lowest BCUT2D eigenvalue weighted by atomic mass is 10.2. The molecule has 0 unspecified atom stereocenters. The lowest BCUT2D eigenvalue weighted by Gasteiger charge is -2.07. The van der Waals surface area contributed by atoms with Gasteiger partial charge in [-0.25, -0.2) is 0 Å². The first kappa shape index (κ1) is 9.57. The molecule has 0 aliphatic heterocycles. The summed E-state index contributed by atoms with van der Waals surface area (Å²) in [6.45, 7) is 0. The fourth-order valence-corrected chi connectivity index (χ4v) is 0.899. The van der Waals surface area contributed by atoms with Crippen molar-refractivity contribution in [3.63, 3.8) is 0 Å². The predicted octanol–water partition coefficient (Wildman–Crippen LogP) is 1.89. The maximum Gasteiger partial charge on any atom is 0.0948 e. The zero-order valence-electron chi connectivity index (χ0n) is 7.21. The molecule has 0 radical (unpaired) electrons. The Hall–Kier alpha value is -1.52. The minimum atomic E-state index is 0.0736. The third kappa shape index (κ3) is 2.77. The highest BCUT2D eigenvalue weighted by atomic mass is 16.8. The van der Waals surface area contributed by atoms with Crippen LogP contribution in [-0.4, -0.2) is 17.5 Å². The molecule has 13 heavy (non-hydrogen) atoms. The van der Waals surface area contributed by atoms with Gasteiger partial charge in [-0.3, -0.25) is 10.4 Å². The number of hydrogen-bond donors (Lipinski definition) is 2. The van der Waals surface area contributed by atoms with Gasteiger partial charge in [0.05, 0.1) is 19.1 Å². The Labute approximate surface area is 76.2 Å². The average molecular weight is 181 g/mol. The number of rotatable bonds is 3. The van der Waals surface area contributed by atoms with E-state index in [0.29, 0.717) is 5.69 Å². The van der Waals surface area contributed by atoms with Crippen molar-refractivity contribution in [3.8, 4) is 0 Å². The molecule has 0 aliphatic rings. The van der Waals surface area contributed by atoms with Crippen molar-refractivity contribution in [2.24, 2.45) is 0 Å². The summed E-state index contributed by atoms with van der Waals surface area (Å²) in [7, 11) is 1.55. The Morgan fingerprint density at radius 3 is 2.77 bits per heavy atom. The van der Waals surface area contributed by atoms with Crippen LogP contribution in [0.3, 0.4) is 0 Å². The fraction of sp³-hybridized carbons (Fsp3) is 0.111. The Kier molecular flexibility index (Phi) is 3.31. The first-order valence-corrected chi connectivity index (χ1v) is 3.71. The van der Waals surface area contributed by atoms with Gasteiger partial charge in [-0.05, 0) is 23.8 Å². The minimum Gasteiger partial charge on any atom is -0.504 e.